The second kappa shape index (κ2) is 7.35. The van der Waals surface area contributed by atoms with Gasteiger partial charge in [-0.3, -0.25) is 4.79 Å². The lowest BCUT2D eigenvalue weighted by molar-refractivity contribution is 0.0599. The van der Waals surface area contributed by atoms with Gasteiger partial charge in [0.25, 0.3) is 5.91 Å². The number of phenolic OH excluding ortho intramolecular Hbond substituents is 2. The minimum atomic E-state index is -0.375. The van der Waals surface area contributed by atoms with Crippen molar-refractivity contribution in [3.05, 3.63) is 58.6 Å². The molecule has 1 amide bonds. The monoisotopic (exact) mass is 335 g/mol. The minimum Gasteiger partial charge on any atom is -0.508 e. The zero-order chi connectivity index (χ0) is 17.0. The van der Waals surface area contributed by atoms with Gasteiger partial charge in [0, 0.05) is 25.2 Å². The van der Waals surface area contributed by atoms with E-state index in [0.717, 1.165) is 11.6 Å². The lowest BCUT2D eigenvalue weighted by Gasteiger charge is -2.28. The number of nitrogens with zero attached hydrogens (tertiary/aromatic N) is 1. The molecule has 0 spiro atoms. The van der Waals surface area contributed by atoms with Gasteiger partial charge in [-0.25, -0.2) is 0 Å². The fourth-order valence-corrected chi connectivity index (χ4v) is 2.43. The molecule has 0 aliphatic rings. The van der Waals surface area contributed by atoms with Gasteiger partial charge in [-0.1, -0.05) is 23.7 Å². The van der Waals surface area contributed by atoms with E-state index in [1.54, 1.807) is 26.3 Å². The maximum atomic E-state index is 12.6. The maximum absolute atomic E-state index is 12.6. The molecule has 2 aromatic carbocycles. The van der Waals surface area contributed by atoms with E-state index in [9.17, 15) is 15.0 Å². The molecule has 0 radical (unpaired) electrons. The second-order valence-electron chi connectivity index (χ2n) is 5.14. The highest BCUT2D eigenvalue weighted by atomic mass is 35.5. The molecule has 5 nitrogen and oxygen atoms in total. The van der Waals surface area contributed by atoms with E-state index in [1.807, 2.05) is 12.1 Å². The Morgan fingerprint density at radius 1 is 1.22 bits per heavy atom. The molecule has 0 aromatic heterocycles. The van der Waals surface area contributed by atoms with Crippen LogP contribution in [0.4, 0.5) is 0 Å². The van der Waals surface area contributed by atoms with Gasteiger partial charge < -0.3 is 19.8 Å². The Hall–Kier alpha value is -2.24. The van der Waals surface area contributed by atoms with Crippen LogP contribution >= 0.6 is 11.6 Å². The Bertz CT molecular complexity index is 687. The molecule has 0 aliphatic carbocycles. The van der Waals surface area contributed by atoms with Crippen molar-refractivity contribution in [3.63, 3.8) is 0 Å². The number of likely N-dealkylation sites (N-methyl/N-ethyl adjacent to an activating group) is 1. The van der Waals surface area contributed by atoms with Crippen LogP contribution in [0.25, 0.3) is 0 Å². The molecule has 1 atom stereocenters. The van der Waals surface area contributed by atoms with Crippen LogP contribution in [0, 0.1) is 0 Å². The summed E-state index contributed by atoms with van der Waals surface area (Å²) in [6.45, 7) is 0.294. The number of carbonyl (C=O) groups is 1. The lowest BCUT2D eigenvalue weighted by Crippen LogP contribution is -2.33. The number of amides is 1. The molecular weight excluding hydrogens is 318 g/mol. The molecule has 2 rings (SSSR count). The van der Waals surface area contributed by atoms with Gasteiger partial charge in [-0.2, -0.15) is 0 Å². The molecule has 0 bridgehead atoms. The number of benzene rings is 2. The fourth-order valence-electron chi connectivity index (χ4n) is 2.31. The summed E-state index contributed by atoms with van der Waals surface area (Å²) >= 11 is 5.90. The Morgan fingerprint density at radius 2 is 1.87 bits per heavy atom. The Balaban J connectivity index is 2.31. The zero-order valence-electron chi connectivity index (χ0n) is 12.9. The standard InChI is InChI=1S/C17H18ClNO4/c1-19(17(22)14-8-7-13(20)9-16(14)21)15(10-23-2)11-3-5-12(18)6-4-11/h3-9,15,20-21H,10H2,1-2H3. The molecule has 6 heteroatoms. The van der Waals surface area contributed by atoms with Crippen LogP contribution in [0.5, 0.6) is 11.5 Å². The van der Waals surface area contributed by atoms with E-state index in [1.165, 1.54) is 17.0 Å². The van der Waals surface area contributed by atoms with Crippen LogP contribution in [0.2, 0.25) is 5.02 Å². The number of phenols is 2. The summed E-state index contributed by atoms with van der Waals surface area (Å²) in [5.74, 6) is -0.749. The predicted octanol–water partition coefficient (Wildman–Crippen LogP) is 3.21. The van der Waals surface area contributed by atoms with Crippen LogP contribution in [-0.4, -0.2) is 41.8 Å². The summed E-state index contributed by atoms with van der Waals surface area (Å²) in [4.78, 5) is 14.1. The number of carbonyl (C=O) groups excluding carboxylic acids is 1. The summed E-state index contributed by atoms with van der Waals surface area (Å²) in [5, 5.41) is 19.8. The molecule has 0 aliphatic heterocycles. The van der Waals surface area contributed by atoms with Crippen molar-refractivity contribution in [2.24, 2.45) is 0 Å². The third-order valence-corrected chi connectivity index (χ3v) is 3.83. The van der Waals surface area contributed by atoms with E-state index in [4.69, 9.17) is 16.3 Å². The van der Waals surface area contributed by atoms with Gasteiger partial charge in [0.2, 0.25) is 0 Å². The molecule has 23 heavy (non-hydrogen) atoms. The lowest BCUT2D eigenvalue weighted by atomic mass is 10.0. The van der Waals surface area contributed by atoms with Crippen LogP contribution in [0.3, 0.4) is 0 Å². The molecule has 122 valence electrons. The highest BCUT2D eigenvalue weighted by Crippen LogP contribution is 2.28. The summed E-state index contributed by atoms with van der Waals surface area (Å²) < 4.78 is 5.22. The summed E-state index contributed by atoms with van der Waals surface area (Å²) in [5.41, 5.74) is 0.978. The van der Waals surface area contributed by atoms with Crippen LogP contribution in [0.15, 0.2) is 42.5 Å². The number of hydrogen-bond donors (Lipinski definition) is 2. The van der Waals surface area contributed by atoms with Gasteiger partial charge >= 0.3 is 0 Å². The molecule has 2 aromatic rings. The second-order valence-corrected chi connectivity index (χ2v) is 5.58. The molecule has 0 heterocycles. The van der Waals surface area contributed by atoms with Crippen molar-refractivity contribution in [2.45, 2.75) is 6.04 Å². The van der Waals surface area contributed by atoms with Gasteiger partial charge in [0.1, 0.15) is 11.5 Å². The minimum absolute atomic E-state index is 0.104. The van der Waals surface area contributed by atoms with Gasteiger partial charge in [-0.15, -0.1) is 0 Å². The van der Waals surface area contributed by atoms with Crippen molar-refractivity contribution in [2.75, 3.05) is 20.8 Å². The van der Waals surface area contributed by atoms with E-state index >= 15 is 0 Å². The van der Waals surface area contributed by atoms with E-state index in [2.05, 4.69) is 0 Å². The highest BCUT2D eigenvalue weighted by Gasteiger charge is 2.24. The van der Waals surface area contributed by atoms with Gasteiger partial charge in [0.05, 0.1) is 18.2 Å². The van der Waals surface area contributed by atoms with Crippen LogP contribution < -0.4 is 0 Å². The Kier molecular flexibility index (Phi) is 5.47. The normalized spacial score (nSPS) is 12.0. The number of hydrogen-bond acceptors (Lipinski definition) is 4. The van der Waals surface area contributed by atoms with Crippen molar-refractivity contribution in [1.82, 2.24) is 4.90 Å². The molecule has 0 fully saturated rings. The molecule has 0 saturated carbocycles. The zero-order valence-corrected chi connectivity index (χ0v) is 13.6. The summed E-state index contributed by atoms with van der Waals surface area (Å²) in [7, 11) is 3.19. The first-order valence-electron chi connectivity index (χ1n) is 6.97. The van der Waals surface area contributed by atoms with E-state index in [-0.39, 0.29) is 29.0 Å². The summed E-state index contributed by atoms with van der Waals surface area (Å²) in [6.07, 6.45) is 0. The van der Waals surface area contributed by atoms with Gasteiger partial charge in [0.15, 0.2) is 0 Å². The number of rotatable bonds is 5. The van der Waals surface area contributed by atoms with Crippen LogP contribution in [0.1, 0.15) is 22.0 Å². The molecular formula is C17H18ClNO4. The van der Waals surface area contributed by atoms with Crippen molar-refractivity contribution in [1.29, 1.82) is 0 Å². The summed E-state index contributed by atoms with van der Waals surface area (Å²) in [6, 6.07) is 10.7. The third kappa shape index (κ3) is 3.94. The predicted molar refractivity (Wildman–Crippen MR) is 87.9 cm³/mol. The van der Waals surface area contributed by atoms with Gasteiger partial charge in [-0.05, 0) is 29.8 Å². The average molecular weight is 336 g/mol. The topological polar surface area (TPSA) is 70.0 Å². The Labute approximate surface area is 139 Å². The highest BCUT2D eigenvalue weighted by molar-refractivity contribution is 6.30. The third-order valence-electron chi connectivity index (χ3n) is 3.58. The number of methoxy groups -OCH3 is 1. The number of ether oxygens (including phenoxy) is 1. The smallest absolute Gasteiger partial charge is 0.257 e. The average Bonchev–Trinajstić information content (AvgIpc) is 2.52. The first-order chi connectivity index (χ1) is 10.9. The van der Waals surface area contributed by atoms with Crippen molar-refractivity contribution in [3.8, 4) is 11.5 Å². The van der Waals surface area contributed by atoms with E-state index < -0.39 is 0 Å². The molecule has 0 saturated heterocycles. The quantitative estimate of drug-likeness (QED) is 0.880. The molecule has 1 unspecified atom stereocenters. The fraction of sp³-hybridized carbons (Fsp3) is 0.235. The first-order valence-corrected chi connectivity index (χ1v) is 7.35. The van der Waals surface area contributed by atoms with E-state index in [0.29, 0.717) is 11.6 Å². The Morgan fingerprint density at radius 3 is 2.43 bits per heavy atom. The van der Waals surface area contributed by atoms with Crippen LogP contribution in [-0.2, 0) is 4.74 Å². The number of aromatic hydroxyl groups is 2. The SMILES string of the molecule is COCC(c1ccc(Cl)cc1)N(C)C(=O)c1ccc(O)cc1O. The molecule has 2 N–H and O–H groups in total. The van der Waals surface area contributed by atoms with Crippen molar-refractivity contribution < 1.29 is 19.7 Å². The van der Waals surface area contributed by atoms with Crippen molar-refractivity contribution >= 4 is 17.5 Å². The largest absolute Gasteiger partial charge is 0.508 e. The maximum Gasteiger partial charge on any atom is 0.257 e. The number of halogens is 1. The first kappa shape index (κ1) is 17.1.